The van der Waals surface area contributed by atoms with Gasteiger partial charge in [0.15, 0.2) is 0 Å². The molecular formula is C12H9BrFN3O. The summed E-state index contributed by atoms with van der Waals surface area (Å²) in [6.07, 6.45) is 1.44. The molecule has 1 aromatic carbocycles. The van der Waals surface area contributed by atoms with Gasteiger partial charge in [-0.15, -0.1) is 0 Å². The number of benzene rings is 1. The highest BCUT2D eigenvalue weighted by atomic mass is 79.9. The number of pyridine rings is 1. The summed E-state index contributed by atoms with van der Waals surface area (Å²) >= 11 is 3.23. The van der Waals surface area contributed by atoms with Crippen molar-refractivity contribution in [2.45, 2.75) is 0 Å². The van der Waals surface area contributed by atoms with Crippen molar-refractivity contribution in [3.63, 3.8) is 0 Å². The van der Waals surface area contributed by atoms with Crippen molar-refractivity contribution < 1.29 is 9.18 Å². The van der Waals surface area contributed by atoms with Crippen LogP contribution in [0.25, 0.3) is 0 Å². The number of carbonyl (C=O) groups excluding carboxylic acids is 1. The van der Waals surface area contributed by atoms with Crippen LogP contribution in [-0.4, -0.2) is 10.9 Å². The molecule has 3 N–H and O–H groups in total. The molecule has 18 heavy (non-hydrogen) atoms. The predicted octanol–water partition coefficient (Wildman–Crippen LogP) is 2.82. The lowest BCUT2D eigenvalue weighted by Crippen LogP contribution is -2.13. The molecule has 1 aromatic heterocycles. The molecule has 0 fully saturated rings. The highest BCUT2D eigenvalue weighted by molar-refractivity contribution is 9.10. The van der Waals surface area contributed by atoms with E-state index in [0.717, 1.165) is 0 Å². The van der Waals surface area contributed by atoms with Crippen LogP contribution in [0.3, 0.4) is 0 Å². The minimum atomic E-state index is -0.428. The van der Waals surface area contributed by atoms with Gasteiger partial charge in [0, 0.05) is 16.2 Å². The van der Waals surface area contributed by atoms with Gasteiger partial charge in [0.2, 0.25) is 0 Å². The Kier molecular flexibility index (Phi) is 3.57. The van der Waals surface area contributed by atoms with Gasteiger partial charge in [-0.05, 0) is 46.3 Å². The highest BCUT2D eigenvalue weighted by Crippen LogP contribution is 2.23. The van der Waals surface area contributed by atoms with E-state index in [1.54, 1.807) is 0 Å². The highest BCUT2D eigenvalue weighted by Gasteiger charge is 2.09. The Morgan fingerprint density at radius 2 is 2.11 bits per heavy atom. The van der Waals surface area contributed by atoms with Crippen LogP contribution in [0.2, 0.25) is 0 Å². The topological polar surface area (TPSA) is 68.0 Å². The molecule has 0 saturated heterocycles. The second kappa shape index (κ2) is 5.14. The van der Waals surface area contributed by atoms with Gasteiger partial charge in [0.25, 0.3) is 5.91 Å². The fourth-order valence-electron chi connectivity index (χ4n) is 1.38. The Bertz CT molecular complexity index is 604. The summed E-state index contributed by atoms with van der Waals surface area (Å²) in [6.45, 7) is 0. The quantitative estimate of drug-likeness (QED) is 0.896. The molecule has 0 spiro atoms. The van der Waals surface area contributed by atoms with Gasteiger partial charge in [-0.1, -0.05) is 0 Å². The molecule has 0 aliphatic rings. The number of aromatic nitrogens is 1. The smallest absolute Gasteiger partial charge is 0.255 e. The van der Waals surface area contributed by atoms with E-state index >= 15 is 0 Å². The summed E-state index contributed by atoms with van der Waals surface area (Å²) in [7, 11) is 0. The van der Waals surface area contributed by atoms with Crippen molar-refractivity contribution in [2.24, 2.45) is 0 Å². The number of rotatable bonds is 2. The lowest BCUT2D eigenvalue weighted by Gasteiger charge is -2.07. The summed E-state index contributed by atoms with van der Waals surface area (Å²) in [5.74, 6) is -0.556. The number of hydrogen-bond acceptors (Lipinski definition) is 3. The van der Waals surface area contributed by atoms with E-state index < -0.39 is 5.82 Å². The maximum atomic E-state index is 13.1. The SMILES string of the molecule is Nc1cc(C(=O)Nc2cc(F)ccc2Br)ccn1. The zero-order valence-corrected chi connectivity index (χ0v) is 10.7. The number of carbonyl (C=O) groups is 1. The van der Waals surface area contributed by atoms with Gasteiger partial charge >= 0.3 is 0 Å². The molecule has 4 nitrogen and oxygen atoms in total. The van der Waals surface area contributed by atoms with Crippen molar-refractivity contribution in [3.05, 3.63) is 52.4 Å². The zero-order chi connectivity index (χ0) is 13.1. The third kappa shape index (κ3) is 2.84. The first-order chi connectivity index (χ1) is 8.56. The number of hydrogen-bond donors (Lipinski definition) is 2. The molecule has 0 aliphatic carbocycles. The minimum absolute atomic E-state index is 0.251. The van der Waals surface area contributed by atoms with E-state index in [4.69, 9.17) is 5.73 Å². The standard InChI is InChI=1S/C12H9BrFN3O/c13-9-2-1-8(14)6-10(9)17-12(18)7-3-4-16-11(15)5-7/h1-6H,(H2,15,16)(H,17,18). The van der Waals surface area contributed by atoms with Crippen LogP contribution in [0, 0.1) is 5.82 Å². The van der Waals surface area contributed by atoms with Gasteiger partial charge in [-0.25, -0.2) is 9.37 Å². The van der Waals surface area contributed by atoms with E-state index in [1.807, 2.05) is 0 Å². The van der Waals surface area contributed by atoms with Crippen LogP contribution in [-0.2, 0) is 0 Å². The first-order valence-electron chi connectivity index (χ1n) is 5.04. The van der Waals surface area contributed by atoms with Crippen LogP contribution in [0.4, 0.5) is 15.9 Å². The molecule has 0 saturated carbocycles. The van der Waals surface area contributed by atoms with Crippen molar-refractivity contribution in [2.75, 3.05) is 11.1 Å². The summed E-state index contributed by atoms with van der Waals surface area (Å²) in [5, 5.41) is 2.59. The van der Waals surface area contributed by atoms with Crippen LogP contribution < -0.4 is 11.1 Å². The third-order valence-corrected chi connectivity index (χ3v) is 2.91. The van der Waals surface area contributed by atoms with Gasteiger partial charge in [-0.3, -0.25) is 4.79 Å². The van der Waals surface area contributed by atoms with E-state index in [9.17, 15) is 9.18 Å². The molecule has 0 atom stereocenters. The van der Waals surface area contributed by atoms with Crippen molar-refractivity contribution in [3.8, 4) is 0 Å². The predicted molar refractivity (Wildman–Crippen MR) is 70.7 cm³/mol. The minimum Gasteiger partial charge on any atom is -0.384 e. The maximum absolute atomic E-state index is 13.1. The molecule has 0 aliphatic heterocycles. The zero-order valence-electron chi connectivity index (χ0n) is 9.15. The maximum Gasteiger partial charge on any atom is 0.255 e. The Morgan fingerprint density at radius 1 is 1.33 bits per heavy atom. The van der Waals surface area contributed by atoms with Gasteiger partial charge in [0.05, 0.1) is 5.69 Å². The van der Waals surface area contributed by atoms with E-state index in [1.165, 1.54) is 36.5 Å². The molecule has 0 unspecified atom stereocenters. The number of nitrogens with two attached hydrogens (primary N) is 1. The first-order valence-corrected chi connectivity index (χ1v) is 5.83. The molecule has 6 heteroatoms. The Morgan fingerprint density at radius 3 is 2.83 bits per heavy atom. The number of anilines is 2. The van der Waals surface area contributed by atoms with Crippen LogP contribution >= 0.6 is 15.9 Å². The van der Waals surface area contributed by atoms with Gasteiger partial charge in [0.1, 0.15) is 11.6 Å². The molecule has 92 valence electrons. The van der Waals surface area contributed by atoms with Crippen LogP contribution in [0.5, 0.6) is 0 Å². The average molecular weight is 310 g/mol. The third-order valence-electron chi connectivity index (χ3n) is 2.22. The summed E-state index contributed by atoms with van der Waals surface area (Å²) in [6, 6.07) is 7.02. The fraction of sp³-hybridized carbons (Fsp3) is 0. The Hall–Kier alpha value is -1.95. The lowest BCUT2D eigenvalue weighted by molar-refractivity contribution is 0.102. The number of nitrogens with one attached hydrogen (secondary N) is 1. The molecule has 2 aromatic rings. The van der Waals surface area contributed by atoms with E-state index in [0.29, 0.717) is 15.7 Å². The number of halogens is 2. The van der Waals surface area contributed by atoms with Crippen LogP contribution in [0.1, 0.15) is 10.4 Å². The Labute approximate surface area is 111 Å². The molecule has 0 radical (unpaired) electrons. The molecule has 0 bridgehead atoms. The summed E-state index contributed by atoms with van der Waals surface area (Å²) < 4.78 is 13.7. The van der Waals surface area contributed by atoms with Gasteiger partial charge in [-0.2, -0.15) is 0 Å². The average Bonchev–Trinajstić information content (AvgIpc) is 2.34. The first kappa shape index (κ1) is 12.5. The largest absolute Gasteiger partial charge is 0.384 e. The molecular weight excluding hydrogens is 301 g/mol. The molecule has 1 amide bonds. The number of amides is 1. The molecule has 1 heterocycles. The van der Waals surface area contributed by atoms with E-state index in [2.05, 4.69) is 26.2 Å². The Balaban J connectivity index is 2.24. The lowest BCUT2D eigenvalue weighted by atomic mass is 10.2. The summed E-state index contributed by atoms with van der Waals surface area (Å²) in [4.78, 5) is 15.7. The van der Waals surface area contributed by atoms with Gasteiger partial charge < -0.3 is 11.1 Å². The fourth-order valence-corrected chi connectivity index (χ4v) is 1.72. The van der Waals surface area contributed by atoms with E-state index in [-0.39, 0.29) is 11.7 Å². The van der Waals surface area contributed by atoms with Crippen molar-refractivity contribution >= 4 is 33.3 Å². The number of nitrogens with zero attached hydrogens (tertiary/aromatic N) is 1. The molecule has 2 rings (SSSR count). The number of nitrogen functional groups attached to an aromatic ring is 1. The van der Waals surface area contributed by atoms with Crippen molar-refractivity contribution in [1.29, 1.82) is 0 Å². The van der Waals surface area contributed by atoms with Crippen molar-refractivity contribution in [1.82, 2.24) is 4.98 Å². The summed E-state index contributed by atoms with van der Waals surface area (Å²) in [5.41, 5.74) is 6.20. The second-order valence-electron chi connectivity index (χ2n) is 3.55. The second-order valence-corrected chi connectivity index (χ2v) is 4.40. The van der Waals surface area contributed by atoms with Crippen LogP contribution in [0.15, 0.2) is 41.0 Å². The monoisotopic (exact) mass is 309 g/mol. The normalized spacial score (nSPS) is 10.1.